The second kappa shape index (κ2) is 6.45. The first-order chi connectivity index (χ1) is 8.02. The van der Waals surface area contributed by atoms with Crippen molar-refractivity contribution >= 4 is 17.5 Å². The molecule has 0 radical (unpaired) electrons. The Morgan fingerprint density at radius 3 is 2.65 bits per heavy atom. The highest BCUT2D eigenvalue weighted by molar-refractivity contribution is 6.18. The second-order valence-electron chi connectivity index (χ2n) is 4.40. The summed E-state index contributed by atoms with van der Waals surface area (Å²) < 4.78 is 0. The maximum Gasteiger partial charge on any atom is 0.253 e. The number of halogens is 1. The first-order valence-electron chi connectivity index (χ1n) is 5.58. The normalized spacial score (nSPS) is 12.5. The van der Waals surface area contributed by atoms with Crippen molar-refractivity contribution in [3.8, 4) is 0 Å². The first kappa shape index (κ1) is 13.8. The lowest BCUT2D eigenvalue weighted by Crippen LogP contribution is -2.37. The molecule has 0 fully saturated rings. The summed E-state index contributed by atoms with van der Waals surface area (Å²) in [4.78, 5) is 25.1. The lowest BCUT2D eigenvalue weighted by Gasteiger charge is -2.17. The molecule has 5 heteroatoms. The zero-order chi connectivity index (χ0) is 12.8. The lowest BCUT2D eigenvalue weighted by atomic mass is 10.0. The number of rotatable bonds is 5. The van der Waals surface area contributed by atoms with Gasteiger partial charge in [0, 0.05) is 24.2 Å². The van der Waals surface area contributed by atoms with E-state index in [-0.39, 0.29) is 17.5 Å². The van der Waals surface area contributed by atoms with Crippen LogP contribution in [0.15, 0.2) is 23.1 Å². The molecule has 0 spiro atoms. The Kier molecular flexibility index (Phi) is 5.22. The van der Waals surface area contributed by atoms with E-state index in [1.807, 2.05) is 0 Å². The van der Waals surface area contributed by atoms with Gasteiger partial charge in [0.25, 0.3) is 5.91 Å². The van der Waals surface area contributed by atoms with Crippen molar-refractivity contribution in [2.24, 2.45) is 5.92 Å². The maximum absolute atomic E-state index is 11.8. The fourth-order valence-corrected chi connectivity index (χ4v) is 1.75. The molecule has 0 saturated heterocycles. The molecule has 1 amide bonds. The van der Waals surface area contributed by atoms with E-state index < -0.39 is 0 Å². The molecule has 1 aromatic rings. The van der Waals surface area contributed by atoms with E-state index in [1.54, 1.807) is 0 Å². The fourth-order valence-electron chi connectivity index (χ4n) is 1.55. The van der Waals surface area contributed by atoms with Gasteiger partial charge < -0.3 is 10.3 Å². The van der Waals surface area contributed by atoms with Crippen LogP contribution in [-0.4, -0.2) is 22.8 Å². The van der Waals surface area contributed by atoms with Gasteiger partial charge in [-0.1, -0.05) is 13.8 Å². The van der Waals surface area contributed by atoms with Crippen LogP contribution in [0, 0.1) is 5.92 Å². The van der Waals surface area contributed by atoms with Crippen molar-refractivity contribution in [1.82, 2.24) is 10.3 Å². The van der Waals surface area contributed by atoms with Gasteiger partial charge >= 0.3 is 0 Å². The van der Waals surface area contributed by atoms with Gasteiger partial charge in [-0.05, 0) is 18.4 Å². The number of pyridine rings is 1. The molecular formula is C12H17ClN2O2. The topological polar surface area (TPSA) is 62.0 Å². The average molecular weight is 257 g/mol. The van der Waals surface area contributed by atoms with Gasteiger partial charge in [-0.2, -0.15) is 0 Å². The van der Waals surface area contributed by atoms with Crippen molar-refractivity contribution in [2.75, 3.05) is 5.88 Å². The van der Waals surface area contributed by atoms with Crippen molar-refractivity contribution in [3.05, 3.63) is 34.2 Å². The van der Waals surface area contributed by atoms with Crippen molar-refractivity contribution in [2.45, 2.75) is 26.3 Å². The van der Waals surface area contributed by atoms with Crippen LogP contribution in [0.2, 0.25) is 0 Å². The van der Waals surface area contributed by atoms with Gasteiger partial charge in [-0.15, -0.1) is 11.6 Å². The Bertz CT molecular complexity index is 408. The number of hydrogen-bond donors (Lipinski definition) is 2. The number of nitrogens with one attached hydrogen (secondary N) is 2. The highest BCUT2D eigenvalue weighted by Crippen LogP contribution is 2.07. The number of alkyl halides is 1. The van der Waals surface area contributed by atoms with Crippen molar-refractivity contribution < 1.29 is 4.79 Å². The Labute approximate surface area is 105 Å². The largest absolute Gasteiger partial charge is 0.348 e. The van der Waals surface area contributed by atoms with E-state index in [9.17, 15) is 9.59 Å². The predicted molar refractivity (Wildman–Crippen MR) is 68.5 cm³/mol. The van der Waals surface area contributed by atoms with Crippen LogP contribution in [-0.2, 0) is 0 Å². The van der Waals surface area contributed by atoms with Gasteiger partial charge in [-0.25, -0.2) is 0 Å². The minimum absolute atomic E-state index is 0.0453. The Morgan fingerprint density at radius 2 is 2.18 bits per heavy atom. The summed E-state index contributed by atoms with van der Waals surface area (Å²) in [5, 5.41) is 2.84. The van der Waals surface area contributed by atoms with E-state index in [4.69, 9.17) is 11.6 Å². The lowest BCUT2D eigenvalue weighted by molar-refractivity contribution is 0.0936. The summed E-state index contributed by atoms with van der Waals surface area (Å²) in [5.41, 5.74) is 0.209. The molecule has 0 saturated carbocycles. The van der Waals surface area contributed by atoms with E-state index >= 15 is 0 Å². The first-order valence-corrected chi connectivity index (χ1v) is 6.12. The van der Waals surface area contributed by atoms with Gasteiger partial charge in [-0.3, -0.25) is 9.59 Å². The van der Waals surface area contributed by atoms with Crippen LogP contribution in [0.1, 0.15) is 30.6 Å². The van der Waals surface area contributed by atoms with Gasteiger partial charge in [0.05, 0.1) is 5.56 Å². The Hall–Kier alpha value is -1.29. The van der Waals surface area contributed by atoms with Crippen LogP contribution < -0.4 is 10.9 Å². The third-order valence-corrected chi connectivity index (χ3v) is 2.70. The third-order valence-electron chi connectivity index (χ3n) is 2.32. The summed E-state index contributed by atoms with van der Waals surface area (Å²) in [6.45, 7) is 4.15. The standard InChI is InChI=1S/C12H17ClN2O2/c1-8(2)5-10(6-13)15-12(17)9-3-4-11(16)14-7-9/h3-4,7-8,10H,5-6H2,1-2H3,(H,14,16)(H,15,17). The van der Waals surface area contributed by atoms with Crippen LogP contribution in [0.25, 0.3) is 0 Å². The second-order valence-corrected chi connectivity index (χ2v) is 4.70. The van der Waals surface area contributed by atoms with Gasteiger partial charge in [0.15, 0.2) is 0 Å². The van der Waals surface area contributed by atoms with Crippen LogP contribution in [0.5, 0.6) is 0 Å². The Balaban J connectivity index is 2.64. The molecule has 1 aromatic heterocycles. The molecule has 1 unspecified atom stereocenters. The summed E-state index contributed by atoms with van der Waals surface area (Å²) in [7, 11) is 0. The molecule has 1 heterocycles. The molecule has 1 rings (SSSR count). The molecule has 0 aliphatic carbocycles. The average Bonchev–Trinajstić information content (AvgIpc) is 2.28. The molecule has 94 valence electrons. The van der Waals surface area contributed by atoms with E-state index in [0.29, 0.717) is 17.4 Å². The maximum atomic E-state index is 11.8. The fraction of sp³-hybridized carbons (Fsp3) is 0.500. The van der Waals surface area contributed by atoms with Crippen LogP contribution in [0.4, 0.5) is 0 Å². The summed E-state index contributed by atoms with van der Waals surface area (Å²) >= 11 is 5.80. The molecule has 2 N–H and O–H groups in total. The molecule has 17 heavy (non-hydrogen) atoms. The van der Waals surface area contributed by atoms with Crippen molar-refractivity contribution in [1.29, 1.82) is 0 Å². The smallest absolute Gasteiger partial charge is 0.253 e. The number of carbonyl (C=O) groups excluding carboxylic acids is 1. The number of aromatic nitrogens is 1. The minimum Gasteiger partial charge on any atom is -0.348 e. The van der Waals surface area contributed by atoms with E-state index in [2.05, 4.69) is 24.1 Å². The third kappa shape index (κ3) is 4.61. The van der Waals surface area contributed by atoms with E-state index in [0.717, 1.165) is 6.42 Å². The van der Waals surface area contributed by atoms with Gasteiger partial charge in [0.1, 0.15) is 0 Å². The predicted octanol–water partition coefficient (Wildman–Crippen LogP) is 1.76. The molecule has 4 nitrogen and oxygen atoms in total. The summed E-state index contributed by atoms with van der Waals surface area (Å²) in [6.07, 6.45) is 2.23. The number of hydrogen-bond acceptors (Lipinski definition) is 2. The monoisotopic (exact) mass is 256 g/mol. The highest BCUT2D eigenvalue weighted by atomic mass is 35.5. The van der Waals surface area contributed by atoms with Crippen LogP contribution in [0.3, 0.4) is 0 Å². The number of aromatic amines is 1. The highest BCUT2D eigenvalue weighted by Gasteiger charge is 2.14. The molecule has 0 aromatic carbocycles. The summed E-state index contributed by atoms with van der Waals surface area (Å²) in [5.74, 6) is 0.634. The molecule has 0 aliphatic heterocycles. The minimum atomic E-state index is -0.224. The SMILES string of the molecule is CC(C)CC(CCl)NC(=O)c1ccc(=O)[nH]c1. The molecule has 1 atom stereocenters. The quantitative estimate of drug-likeness (QED) is 0.789. The zero-order valence-electron chi connectivity index (χ0n) is 10.00. The Morgan fingerprint density at radius 1 is 1.47 bits per heavy atom. The number of carbonyl (C=O) groups is 1. The zero-order valence-corrected chi connectivity index (χ0v) is 10.8. The van der Waals surface area contributed by atoms with Crippen LogP contribution >= 0.6 is 11.6 Å². The summed E-state index contributed by atoms with van der Waals surface area (Å²) in [6, 6.07) is 2.78. The van der Waals surface area contributed by atoms with Gasteiger partial charge in [0.2, 0.25) is 5.56 Å². The molecule has 0 bridgehead atoms. The molecular weight excluding hydrogens is 240 g/mol. The molecule has 0 aliphatic rings. The number of H-pyrrole nitrogens is 1. The van der Waals surface area contributed by atoms with Crippen molar-refractivity contribution in [3.63, 3.8) is 0 Å². The number of amides is 1. The van der Waals surface area contributed by atoms with E-state index in [1.165, 1.54) is 18.3 Å².